The zero-order valence-corrected chi connectivity index (χ0v) is 9.76. The summed E-state index contributed by atoms with van der Waals surface area (Å²) in [6.45, 7) is 2.74. The molecule has 0 saturated heterocycles. The smallest absolute Gasteiger partial charge is 0.283 e. The van der Waals surface area contributed by atoms with E-state index < -0.39 is 0 Å². The lowest BCUT2D eigenvalue weighted by Gasteiger charge is -2.04. The van der Waals surface area contributed by atoms with E-state index in [9.17, 15) is 4.79 Å². The van der Waals surface area contributed by atoms with Gasteiger partial charge in [0.15, 0.2) is 0 Å². The molecule has 0 bridgehead atoms. The van der Waals surface area contributed by atoms with E-state index >= 15 is 0 Å². The maximum Gasteiger partial charge on any atom is 0.283 e. The normalized spacial score (nSPS) is 9.73. The van der Waals surface area contributed by atoms with Crippen LogP contribution in [0.5, 0.6) is 5.75 Å². The number of rotatable bonds is 4. The van der Waals surface area contributed by atoms with Gasteiger partial charge in [-0.25, -0.2) is 0 Å². The van der Waals surface area contributed by atoms with Crippen LogP contribution >= 0.6 is 11.8 Å². The van der Waals surface area contributed by atoms with Gasteiger partial charge in [0.25, 0.3) is 5.24 Å². The van der Waals surface area contributed by atoms with E-state index in [0.29, 0.717) is 0 Å². The van der Waals surface area contributed by atoms with Gasteiger partial charge >= 0.3 is 0 Å². The van der Waals surface area contributed by atoms with Crippen LogP contribution in [0.25, 0.3) is 0 Å². The van der Waals surface area contributed by atoms with Crippen molar-refractivity contribution in [2.75, 3.05) is 13.7 Å². The van der Waals surface area contributed by atoms with Gasteiger partial charge in [-0.15, -0.1) is 0 Å². The van der Waals surface area contributed by atoms with E-state index in [1.807, 2.05) is 31.2 Å². The van der Waals surface area contributed by atoms with Crippen molar-refractivity contribution in [2.45, 2.75) is 18.2 Å². The summed E-state index contributed by atoms with van der Waals surface area (Å²) in [7, 11) is 1.61. The lowest BCUT2D eigenvalue weighted by Crippen LogP contribution is -2.18. The number of methoxy groups -OCH3 is 1. The van der Waals surface area contributed by atoms with Crippen LogP contribution in [0.1, 0.15) is 13.3 Å². The number of thioether (sulfide) groups is 1. The lowest BCUT2D eigenvalue weighted by atomic mass is 10.3. The molecule has 0 aliphatic rings. The van der Waals surface area contributed by atoms with E-state index in [4.69, 9.17) is 4.74 Å². The van der Waals surface area contributed by atoms with E-state index in [2.05, 4.69) is 5.32 Å². The number of amides is 1. The van der Waals surface area contributed by atoms with Gasteiger partial charge in [-0.1, -0.05) is 13.0 Å². The van der Waals surface area contributed by atoms with Crippen LogP contribution in [0.3, 0.4) is 0 Å². The molecule has 0 saturated carbocycles. The molecule has 1 aromatic rings. The molecule has 0 radical (unpaired) electrons. The fraction of sp³-hybridized carbons (Fsp3) is 0.364. The van der Waals surface area contributed by atoms with Crippen LogP contribution < -0.4 is 10.1 Å². The zero-order chi connectivity index (χ0) is 11.1. The van der Waals surface area contributed by atoms with Gasteiger partial charge in [-0.3, -0.25) is 4.79 Å². The first-order valence-electron chi connectivity index (χ1n) is 4.86. The summed E-state index contributed by atoms with van der Waals surface area (Å²) in [5.41, 5.74) is 0. The first-order chi connectivity index (χ1) is 7.26. The monoisotopic (exact) mass is 225 g/mol. The van der Waals surface area contributed by atoms with Crippen LogP contribution in [0.15, 0.2) is 29.2 Å². The molecule has 3 nitrogen and oxygen atoms in total. The fourth-order valence-electron chi connectivity index (χ4n) is 1.03. The van der Waals surface area contributed by atoms with Crippen LogP contribution in [-0.2, 0) is 0 Å². The van der Waals surface area contributed by atoms with Crippen LogP contribution in [-0.4, -0.2) is 18.9 Å². The molecule has 0 fully saturated rings. The van der Waals surface area contributed by atoms with Crippen LogP contribution in [0.2, 0.25) is 0 Å². The average molecular weight is 225 g/mol. The van der Waals surface area contributed by atoms with E-state index in [-0.39, 0.29) is 5.24 Å². The van der Waals surface area contributed by atoms with Gasteiger partial charge in [0, 0.05) is 11.4 Å². The SMILES string of the molecule is CCCNC(=O)Sc1cccc(OC)c1. The van der Waals surface area contributed by atoms with Crippen molar-refractivity contribution < 1.29 is 9.53 Å². The number of nitrogens with one attached hydrogen (secondary N) is 1. The molecule has 4 heteroatoms. The molecule has 0 unspecified atom stereocenters. The molecule has 1 amide bonds. The predicted molar refractivity (Wildman–Crippen MR) is 62.5 cm³/mol. The van der Waals surface area contributed by atoms with Gasteiger partial charge in [-0.2, -0.15) is 0 Å². The van der Waals surface area contributed by atoms with Crippen molar-refractivity contribution in [3.63, 3.8) is 0 Å². The molecular formula is C11H15NO2S. The Morgan fingerprint density at radius 1 is 1.53 bits per heavy atom. The molecule has 1 aromatic carbocycles. The van der Waals surface area contributed by atoms with E-state index in [1.165, 1.54) is 11.8 Å². The van der Waals surface area contributed by atoms with Crippen molar-refractivity contribution in [1.82, 2.24) is 5.32 Å². The number of hydrogen-bond donors (Lipinski definition) is 1. The van der Waals surface area contributed by atoms with Crippen LogP contribution in [0.4, 0.5) is 4.79 Å². The second-order valence-corrected chi connectivity index (χ2v) is 4.04. The number of carbonyl (C=O) groups is 1. The molecule has 0 atom stereocenters. The highest BCUT2D eigenvalue weighted by molar-refractivity contribution is 8.13. The quantitative estimate of drug-likeness (QED) is 0.801. The van der Waals surface area contributed by atoms with Crippen LogP contribution in [0, 0.1) is 0 Å². The maximum absolute atomic E-state index is 11.4. The van der Waals surface area contributed by atoms with Gasteiger partial charge in [0.2, 0.25) is 0 Å². The van der Waals surface area contributed by atoms with Crippen molar-refractivity contribution in [1.29, 1.82) is 0 Å². The molecular weight excluding hydrogens is 210 g/mol. The fourth-order valence-corrected chi connectivity index (χ4v) is 1.74. The topological polar surface area (TPSA) is 38.3 Å². The molecule has 0 aliphatic carbocycles. The van der Waals surface area contributed by atoms with Crippen molar-refractivity contribution in [3.8, 4) is 5.75 Å². The molecule has 1 rings (SSSR count). The second kappa shape index (κ2) is 6.35. The Morgan fingerprint density at radius 2 is 2.33 bits per heavy atom. The summed E-state index contributed by atoms with van der Waals surface area (Å²) in [6.07, 6.45) is 0.949. The Kier molecular flexibility index (Phi) is 5.04. The minimum atomic E-state index is -0.0231. The molecule has 0 aromatic heterocycles. The molecule has 15 heavy (non-hydrogen) atoms. The van der Waals surface area contributed by atoms with E-state index in [1.54, 1.807) is 7.11 Å². The minimum absolute atomic E-state index is 0.0231. The lowest BCUT2D eigenvalue weighted by molar-refractivity contribution is 0.260. The second-order valence-electron chi connectivity index (χ2n) is 3.00. The summed E-state index contributed by atoms with van der Waals surface area (Å²) in [6, 6.07) is 7.46. The molecule has 82 valence electrons. The third kappa shape index (κ3) is 4.25. The average Bonchev–Trinajstić information content (AvgIpc) is 2.26. The Labute approximate surface area is 94.2 Å². The van der Waals surface area contributed by atoms with Gasteiger partial charge < -0.3 is 10.1 Å². The zero-order valence-electron chi connectivity index (χ0n) is 8.95. The molecule has 0 aliphatic heterocycles. The highest BCUT2D eigenvalue weighted by atomic mass is 32.2. The number of ether oxygens (including phenoxy) is 1. The van der Waals surface area contributed by atoms with Crippen molar-refractivity contribution in [2.24, 2.45) is 0 Å². The largest absolute Gasteiger partial charge is 0.497 e. The summed E-state index contributed by atoms with van der Waals surface area (Å²) in [4.78, 5) is 12.3. The van der Waals surface area contributed by atoms with Crippen molar-refractivity contribution >= 4 is 17.0 Å². The van der Waals surface area contributed by atoms with Gasteiger partial charge in [-0.05, 0) is 36.4 Å². The minimum Gasteiger partial charge on any atom is -0.497 e. The standard InChI is InChI=1S/C11H15NO2S/c1-3-7-12-11(13)15-10-6-4-5-9(8-10)14-2/h4-6,8H,3,7H2,1-2H3,(H,12,13). The highest BCUT2D eigenvalue weighted by Gasteiger charge is 2.03. The van der Waals surface area contributed by atoms with Gasteiger partial charge in [0.1, 0.15) is 5.75 Å². The summed E-state index contributed by atoms with van der Waals surface area (Å²) in [5, 5.41) is 2.78. The maximum atomic E-state index is 11.4. The third-order valence-corrected chi connectivity index (χ3v) is 2.59. The number of hydrogen-bond acceptors (Lipinski definition) is 3. The first kappa shape index (κ1) is 11.9. The number of benzene rings is 1. The van der Waals surface area contributed by atoms with Crippen molar-refractivity contribution in [3.05, 3.63) is 24.3 Å². The van der Waals surface area contributed by atoms with Gasteiger partial charge in [0.05, 0.1) is 7.11 Å². The Balaban J connectivity index is 2.52. The Morgan fingerprint density at radius 3 is 3.00 bits per heavy atom. The van der Waals surface area contributed by atoms with E-state index in [0.717, 1.165) is 23.6 Å². The Bertz CT molecular complexity index is 328. The number of carbonyl (C=O) groups excluding carboxylic acids is 1. The summed E-state index contributed by atoms with van der Waals surface area (Å²) >= 11 is 1.18. The predicted octanol–water partition coefficient (Wildman–Crippen LogP) is 2.91. The molecule has 0 heterocycles. The third-order valence-electron chi connectivity index (χ3n) is 1.77. The summed E-state index contributed by atoms with van der Waals surface area (Å²) in [5.74, 6) is 0.767. The summed E-state index contributed by atoms with van der Waals surface area (Å²) < 4.78 is 5.07. The molecule has 0 spiro atoms. The first-order valence-corrected chi connectivity index (χ1v) is 5.67. The molecule has 1 N–H and O–H groups in total. The Hall–Kier alpha value is -1.16. The highest BCUT2D eigenvalue weighted by Crippen LogP contribution is 2.22.